The van der Waals surface area contributed by atoms with Crippen LogP contribution in [-0.4, -0.2) is 28.3 Å². The second-order valence-corrected chi connectivity index (χ2v) is 5.24. The molecule has 18 heavy (non-hydrogen) atoms. The second kappa shape index (κ2) is 9.11. The van der Waals surface area contributed by atoms with Crippen LogP contribution in [-0.2, 0) is 0 Å². The summed E-state index contributed by atoms with van der Waals surface area (Å²) in [4.78, 5) is 7.87. The van der Waals surface area contributed by atoms with Crippen LogP contribution in [0.3, 0.4) is 0 Å². The van der Waals surface area contributed by atoms with Gasteiger partial charge in [-0.3, -0.25) is 0 Å². The van der Waals surface area contributed by atoms with E-state index in [1.54, 1.807) is 6.07 Å². The number of rotatable bonds is 4. The van der Waals surface area contributed by atoms with Gasteiger partial charge in [-0.25, -0.2) is 4.98 Å². The minimum Gasteiger partial charge on any atom is -0.477 e. The standard InChI is InChI=1S/C9H13ClN2O.C4H10O/c1-6(2)5-13-8-4-7(3)11-9(10)12-8;1-4(2)3-5/h4,6H,5H2,1-3H3;4-5H,3H2,1-2H3. The Bertz CT molecular complexity index is 324. The lowest BCUT2D eigenvalue weighted by molar-refractivity contribution is 0.248. The molecule has 0 saturated heterocycles. The molecule has 0 radical (unpaired) electrons. The molecule has 0 spiro atoms. The van der Waals surface area contributed by atoms with Gasteiger partial charge in [-0.05, 0) is 30.4 Å². The molecule has 1 aromatic heterocycles. The molecule has 0 aliphatic heterocycles. The van der Waals surface area contributed by atoms with Gasteiger partial charge in [-0.1, -0.05) is 27.7 Å². The van der Waals surface area contributed by atoms with Crippen molar-refractivity contribution in [1.29, 1.82) is 0 Å². The normalized spacial score (nSPS) is 10.3. The van der Waals surface area contributed by atoms with Crippen molar-refractivity contribution in [2.24, 2.45) is 11.8 Å². The smallest absolute Gasteiger partial charge is 0.225 e. The van der Waals surface area contributed by atoms with Crippen LogP contribution >= 0.6 is 11.6 Å². The summed E-state index contributed by atoms with van der Waals surface area (Å²) in [5, 5.41) is 8.38. The Morgan fingerprint density at radius 2 is 1.78 bits per heavy atom. The Labute approximate surface area is 114 Å². The van der Waals surface area contributed by atoms with Crippen molar-refractivity contribution in [1.82, 2.24) is 9.97 Å². The first-order chi connectivity index (χ1) is 8.35. The average molecular weight is 275 g/mol. The molecular weight excluding hydrogens is 252 g/mol. The van der Waals surface area contributed by atoms with Gasteiger partial charge >= 0.3 is 0 Å². The molecule has 1 N–H and O–H groups in total. The molecule has 4 nitrogen and oxygen atoms in total. The number of halogens is 1. The van der Waals surface area contributed by atoms with Gasteiger partial charge in [-0.15, -0.1) is 0 Å². The molecule has 0 unspecified atom stereocenters. The maximum absolute atomic E-state index is 8.14. The number of aromatic nitrogens is 2. The van der Waals surface area contributed by atoms with Crippen molar-refractivity contribution in [3.63, 3.8) is 0 Å². The van der Waals surface area contributed by atoms with Crippen molar-refractivity contribution < 1.29 is 9.84 Å². The van der Waals surface area contributed by atoms with E-state index in [1.165, 1.54) is 0 Å². The molecule has 0 fully saturated rings. The van der Waals surface area contributed by atoms with Gasteiger partial charge in [0.25, 0.3) is 0 Å². The molecule has 5 heteroatoms. The number of hydrogen-bond acceptors (Lipinski definition) is 4. The fourth-order valence-electron chi connectivity index (χ4n) is 0.831. The van der Waals surface area contributed by atoms with E-state index in [0.29, 0.717) is 30.9 Å². The van der Waals surface area contributed by atoms with E-state index in [1.807, 2.05) is 20.8 Å². The first-order valence-electron chi connectivity index (χ1n) is 6.10. The number of hydrogen-bond donors (Lipinski definition) is 1. The van der Waals surface area contributed by atoms with Crippen molar-refractivity contribution in [3.05, 3.63) is 17.0 Å². The molecule has 0 amide bonds. The zero-order valence-corrected chi connectivity index (χ0v) is 12.5. The molecule has 0 bridgehead atoms. The van der Waals surface area contributed by atoms with Crippen LogP contribution in [0.1, 0.15) is 33.4 Å². The third kappa shape index (κ3) is 9.19. The van der Waals surface area contributed by atoms with E-state index in [0.717, 1.165) is 5.69 Å². The van der Waals surface area contributed by atoms with Crippen molar-refractivity contribution in [2.45, 2.75) is 34.6 Å². The molecular formula is C13H23ClN2O2. The highest BCUT2D eigenvalue weighted by Gasteiger charge is 2.01. The highest BCUT2D eigenvalue weighted by Crippen LogP contribution is 2.12. The lowest BCUT2D eigenvalue weighted by Gasteiger charge is -2.07. The van der Waals surface area contributed by atoms with E-state index < -0.39 is 0 Å². The molecule has 0 saturated carbocycles. The van der Waals surface area contributed by atoms with E-state index in [2.05, 4.69) is 23.8 Å². The van der Waals surface area contributed by atoms with Crippen molar-refractivity contribution in [3.8, 4) is 5.88 Å². The number of aliphatic hydroxyl groups is 1. The summed E-state index contributed by atoms with van der Waals surface area (Å²) in [5.41, 5.74) is 0.818. The van der Waals surface area contributed by atoms with Crippen LogP contribution < -0.4 is 4.74 Å². The van der Waals surface area contributed by atoms with Crippen LogP contribution in [0, 0.1) is 18.8 Å². The lowest BCUT2D eigenvalue weighted by Crippen LogP contribution is -2.06. The third-order valence-electron chi connectivity index (χ3n) is 1.73. The Balaban J connectivity index is 0.000000494. The molecule has 1 aromatic rings. The van der Waals surface area contributed by atoms with E-state index in [-0.39, 0.29) is 5.28 Å². The first kappa shape index (κ1) is 17.1. The highest BCUT2D eigenvalue weighted by molar-refractivity contribution is 6.28. The molecule has 0 atom stereocenters. The molecule has 0 aliphatic carbocycles. The Morgan fingerprint density at radius 1 is 1.22 bits per heavy atom. The third-order valence-corrected chi connectivity index (χ3v) is 1.90. The van der Waals surface area contributed by atoms with Crippen LogP contribution in [0.15, 0.2) is 6.07 Å². The fraction of sp³-hybridized carbons (Fsp3) is 0.692. The molecule has 0 aliphatic rings. The van der Waals surface area contributed by atoms with E-state index in [9.17, 15) is 0 Å². The monoisotopic (exact) mass is 274 g/mol. The van der Waals surface area contributed by atoms with Crippen LogP contribution in [0.5, 0.6) is 5.88 Å². The van der Waals surface area contributed by atoms with Crippen molar-refractivity contribution in [2.75, 3.05) is 13.2 Å². The van der Waals surface area contributed by atoms with E-state index >= 15 is 0 Å². The van der Waals surface area contributed by atoms with Gasteiger partial charge < -0.3 is 9.84 Å². The van der Waals surface area contributed by atoms with Gasteiger partial charge in [0.2, 0.25) is 11.2 Å². The van der Waals surface area contributed by atoms with Crippen LogP contribution in [0.25, 0.3) is 0 Å². The minimum absolute atomic E-state index is 0.235. The number of nitrogens with zero attached hydrogens (tertiary/aromatic N) is 2. The molecule has 0 aromatic carbocycles. The quantitative estimate of drug-likeness (QED) is 0.857. The topological polar surface area (TPSA) is 55.2 Å². The molecule has 1 heterocycles. The average Bonchev–Trinajstić information content (AvgIpc) is 2.26. The maximum Gasteiger partial charge on any atom is 0.225 e. The van der Waals surface area contributed by atoms with Gasteiger partial charge in [0, 0.05) is 18.4 Å². The summed E-state index contributed by atoms with van der Waals surface area (Å²) in [6.07, 6.45) is 0. The van der Waals surface area contributed by atoms with Crippen molar-refractivity contribution >= 4 is 11.6 Å². The van der Waals surface area contributed by atoms with Gasteiger partial charge in [0.1, 0.15) is 0 Å². The number of aryl methyl sites for hydroxylation is 1. The lowest BCUT2D eigenvalue weighted by atomic mass is 10.2. The summed E-state index contributed by atoms with van der Waals surface area (Å²) in [6.45, 7) is 10.9. The zero-order chi connectivity index (χ0) is 14.1. The van der Waals surface area contributed by atoms with Gasteiger partial charge in [-0.2, -0.15) is 4.98 Å². The fourth-order valence-corrected chi connectivity index (χ4v) is 1.05. The van der Waals surface area contributed by atoms with Gasteiger partial charge in [0.05, 0.1) is 6.61 Å². The number of ether oxygens (including phenoxy) is 1. The summed E-state index contributed by atoms with van der Waals surface area (Å²) >= 11 is 5.66. The Morgan fingerprint density at radius 3 is 2.17 bits per heavy atom. The summed E-state index contributed by atoms with van der Waals surface area (Å²) in [6, 6.07) is 1.77. The molecule has 104 valence electrons. The first-order valence-corrected chi connectivity index (χ1v) is 6.47. The minimum atomic E-state index is 0.235. The summed E-state index contributed by atoms with van der Waals surface area (Å²) in [5.74, 6) is 1.47. The number of aliphatic hydroxyl groups excluding tert-OH is 1. The summed E-state index contributed by atoms with van der Waals surface area (Å²) < 4.78 is 5.39. The van der Waals surface area contributed by atoms with Crippen LogP contribution in [0.4, 0.5) is 0 Å². The maximum atomic E-state index is 8.14. The Kier molecular flexibility index (Phi) is 8.67. The van der Waals surface area contributed by atoms with Crippen LogP contribution in [0.2, 0.25) is 5.28 Å². The highest BCUT2D eigenvalue weighted by atomic mass is 35.5. The Hall–Kier alpha value is -0.870. The largest absolute Gasteiger partial charge is 0.477 e. The van der Waals surface area contributed by atoms with Gasteiger partial charge in [0.15, 0.2) is 0 Å². The molecule has 1 rings (SSSR count). The summed E-state index contributed by atoms with van der Waals surface area (Å²) in [7, 11) is 0. The SMILES string of the molecule is CC(C)CO.Cc1cc(OCC(C)C)nc(Cl)n1. The predicted molar refractivity (Wildman–Crippen MR) is 74.0 cm³/mol. The van der Waals surface area contributed by atoms with E-state index in [4.69, 9.17) is 21.4 Å². The zero-order valence-electron chi connectivity index (χ0n) is 11.8. The predicted octanol–water partition coefficient (Wildman–Crippen LogP) is 3.11. The second-order valence-electron chi connectivity index (χ2n) is 4.90.